The molecular formula is C15H17BrN2O2. The lowest BCUT2D eigenvalue weighted by Crippen LogP contribution is -2.43. The standard InChI is InChI=1S/C15H17BrN2O2/c1-10-9-18(7-6-12(10)16)15(19)8-13-11-4-2-3-5-14(11)20-17-13/h2-5,10,12H,6-9H2,1H3. The summed E-state index contributed by atoms with van der Waals surface area (Å²) in [6.45, 7) is 3.80. The van der Waals surface area contributed by atoms with E-state index in [-0.39, 0.29) is 5.91 Å². The van der Waals surface area contributed by atoms with Gasteiger partial charge in [0.15, 0.2) is 5.58 Å². The number of halogens is 1. The molecule has 2 atom stereocenters. The topological polar surface area (TPSA) is 46.3 Å². The molecule has 0 bridgehead atoms. The second-order valence-corrected chi connectivity index (χ2v) is 6.60. The highest BCUT2D eigenvalue weighted by molar-refractivity contribution is 9.09. The van der Waals surface area contributed by atoms with Crippen molar-refractivity contribution in [3.05, 3.63) is 30.0 Å². The molecule has 0 radical (unpaired) electrons. The van der Waals surface area contributed by atoms with Gasteiger partial charge in [0, 0.05) is 23.3 Å². The van der Waals surface area contributed by atoms with Crippen LogP contribution in [0.4, 0.5) is 0 Å². The van der Waals surface area contributed by atoms with Crippen molar-refractivity contribution < 1.29 is 9.32 Å². The summed E-state index contributed by atoms with van der Waals surface area (Å²) in [5, 5.41) is 4.97. The first-order valence-electron chi connectivity index (χ1n) is 6.90. The van der Waals surface area contributed by atoms with Gasteiger partial charge in [-0.05, 0) is 24.5 Å². The number of likely N-dealkylation sites (tertiary alicyclic amines) is 1. The van der Waals surface area contributed by atoms with Crippen LogP contribution in [0.5, 0.6) is 0 Å². The Morgan fingerprint density at radius 2 is 2.30 bits per heavy atom. The van der Waals surface area contributed by atoms with Gasteiger partial charge in [-0.3, -0.25) is 4.79 Å². The van der Waals surface area contributed by atoms with Crippen LogP contribution in [0.1, 0.15) is 19.0 Å². The van der Waals surface area contributed by atoms with Crippen LogP contribution < -0.4 is 0 Å². The van der Waals surface area contributed by atoms with Gasteiger partial charge in [0.25, 0.3) is 0 Å². The number of fused-ring (bicyclic) bond motifs is 1. The van der Waals surface area contributed by atoms with Gasteiger partial charge < -0.3 is 9.42 Å². The average molecular weight is 337 g/mol. The van der Waals surface area contributed by atoms with Crippen molar-refractivity contribution in [2.24, 2.45) is 5.92 Å². The number of amides is 1. The molecule has 1 saturated heterocycles. The summed E-state index contributed by atoms with van der Waals surface area (Å²) in [4.78, 5) is 14.8. The summed E-state index contributed by atoms with van der Waals surface area (Å²) in [5.41, 5.74) is 1.47. The molecule has 5 heteroatoms. The molecule has 0 aliphatic carbocycles. The van der Waals surface area contributed by atoms with Crippen molar-refractivity contribution >= 4 is 32.8 Å². The van der Waals surface area contributed by atoms with Crippen LogP contribution in [0.25, 0.3) is 11.0 Å². The zero-order chi connectivity index (χ0) is 14.1. The number of rotatable bonds is 2. The molecule has 4 nitrogen and oxygen atoms in total. The maximum absolute atomic E-state index is 12.4. The lowest BCUT2D eigenvalue weighted by atomic mass is 9.99. The van der Waals surface area contributed by atoms with Crippen molar-refractivity contribution in [3.8, 4) is 0 Å². The number of carbonyl (C=O) groups excluding carboxylic acids is 1. The van der Waals surface area contributed by atoms with Crippen LogP contribution in [0, 0.1) is 5.92 Å². The number of carbonyl (C=O) groups is 1. The Morgan fingerprint density at radius 3 is 3.10 bits per heavy atom. The highest BCUT2D eigenvalue weighted by atomic mass is 79.9. The quantitative estimate of drug-likeness (QED) is 0.792. The summed E-state index contributed by atoms with van der Waals surface area (Å²) in [6.07, 6.45) is 1.32. The number of aromatic nitrogens is 1. The third-order valence-corrected chi connectivity index (χ3v) is 5.28. The lowest BCUT2D eigenvalue weighted by molar-refractivity contribution is -0.132. The fourth-order valence-corrected chi connectivity index (χ4v) is 3.04. The number of hydrogen-bond donors (Lipinski definition) is 0. The second-order valence-electron chi connectivity index (χ2n) is 5.42. The molecule has 1 aliphatic heterocycles. The van der Waals surface area contributed by atoms with Gasteiger partial charge in [0.05, 0.1) is 6.42 Å². The van der Waals surface area contributed by atoms with E-state index in [9.17, 15) is 4.79 Å². The van der Waals surface area contributed by atoms with E-state index in [0.29, 0.717) is 17.2 Å². The smallest absolute Gasteiger partial charge is 0.228 e. The maximum Gasteiger partial charge on any atom is 0.228 e. The van der Waals surface area contributed by atoms with Gasteiger partial charge >= 0.3 is 0 Å². The molecule has 2 aromatic rings. The number of para-hydroxylation sites is 1. The van der Waals surface area contributed by atoms with Crippen LogP contribution in [-0.2, 0) is 11.2 Å². The molecule has 1 aromatic heterocycles. The Bertz CT molecular complexity index is 625. The van der Waals surface area contributed by atoms with E-state index in [1.54, 1.807) is 0 Å². The molecule has 2 heterocycles. The minimum absolute atomic E-state index is 0.135. The monoisotopic (exact) mass is 336 g/mol. The predicted molar refractivity (Wildman–Crippen MR) is 80.8 cm³/mol. The molecule has 20 heavy (non-hydrogen) atoms. The first-order chi connectivity index (χ1) is 9.65. The largest absolute Gasteiger partial charge is 0.356 e. The minimum atomic E-state index is 0.135. The number of nitrogens with zero attached hydrogens (tertiary/aromatic N) is 2. The Labute approximate surface area is 126 Å². The van der Waals surface area contributed by atoms with Crippen LogP contribution >= 0.6 is 15.9 Å². The molecule has 3 rings (SSSR count). The van der Waals surface area contributed by atoms with Crippen LogP contribution in [0.15, 0.2) is 28.8 Å². The zero-order valence-corrected chi connectivity index (χ0v) is 13.0. The Kier molecular flexibility index (Phi) is 3.78. The molecule has 1 fully saturated rings. The van der Waals surface area contributed by atoms with Crippen molar-refractivity contribution in [2.75, 3.05) is 13.1 Å². The molecule has 0 N–H and O–H groups in total. The van der Waals surface area contributed by atoms with Gasteiger partial charge in [-0.15, -0.1) is 0 Å². The van der Waals surface area contributed by atoms with E-state index < -0.39 is 0 Å². The van der Waals surface area contributed by atoms with Gasteiger partial charge in [-0.25, -0.2) is 0 Å². The van der Waals surface area contributed by atoms with E-state index >= 15 is 0 Å². The van der Waals surface area contributed by atoms with E-state index in [1.807, 2.05) is 29.2 Å². The normalized spacial score (nSPS) is 23.2. The van der Waals surface area contributed by atoms with Gasteiger partial charge in [-0.1, -0.05) is 40.1 Å². The molecule has 0 spiro atoms. The Balaban J connectivity index is 1.73. The highest BCUT2D eigenvalue weighted by Gasteiger charge is 2.27. The maximum atomic E-state index is 12.4. The van der Waals surface area contributed by atoms with Crippen molar-refractivity contribution in [1.29, 1.82) is 0 Å². The van der Waals surface area contributed by atoms with Crippen LogP contribution in [0.2, 0.25) is 0 Å². The molecule has 1 amide bonds. The summed E-state index contributed by atoms with van der Waals surface area (Å²) >= 11 is 3.66. The molecule has 2 unspecified atom stereocenters. The third-order valence-electron chi connectivity index (χ3n) is 3.92. The van der Waals surface area contributed by atoms with E-state index in [2.05, 4.69) is 28.0 Å². The number of benzene rings is 1. The number of piperidine rings is 1. The van der Waals surface area contributed by atoms with Crippen molar-refractivity contribution in [1.82, 2.24) is 10.1 Å². The first kappa shape index (κ1) is 13.6. The molecule has 106 valence electrons. The molecular weight excluding hydrogens is 320 g/mol. The average Bonchev–Trinajstić information content (AvgIpc) is 2.85. The first-order valence-corrected chi connectivity index (χ1v) is 7.82. The highest BCUT2D eigenvalue weighted by Crippen LogP contribution is 2.24. The SMILES string of the molecule is CC1CN(C(=O)Cc2noc3ccccc23)CCC1Br. The number of alkyl halides is 1. The van der Waals surface area contributed by atoms with E-state index in [4.69, 9.17) is 4.52 Å². The van der Waals surface area contributed by atoms with Gasteiger partial charge in [0.2, 0.25) is 5.91 Å². The van der Waals surface area contributed by atoms with E-state index in [1.165, 1.54) is 0 Å². The fourth-order valence-electron chi connectivity index (χ4n) is 2.66. The Hall–Kier alpha value is -1.36. The summed E-state index contributed by atoms with van der Waals surface area (Å²) in [5.74, 6) is 0.622. The van der Waals surface area contributed by atoms with E-state index in [0.717, 1.165) is 36.2 Å². The summed E-state index contributed by atoms with van der Waals surface area (Å²) < 4.78 is 5.25. The third kappa shape index (κ3) is 2.59. The predicted octanol–water partition coefficient (Wildman–Crippen LogP) is 3.00. The molecule has 0 saturated carbocycles. The second kappa shape index (κ2) is 5.56. The van der Waals surface area contributed by atoms with Gasteiger partial charge in [-0.2, -0.15) is 0 Å². The summed E-state index contributed by atoms with van der Waals surface area (Å²) in [6, 6.07) is 7.66. The lowest BCUT2D eigenvalue weighted by Gasteiger charge is -2.34. The zero-order valence-electron chi connectivity index (χ0n) is 11.4. The van der Waals surface area contributed by atoms with Crippen molar-refractivity contribution in [2.45, 2.75) is 24.6 Å². The van der Waals surface area contributed by atoms with Crippen LogP contribution in [-0.4, -0.2) is 33.9 Å². The Morgan fingerprint density at radius 1 is 1.50 bits per heavy atom. The van der Waals surface area contributed by atoms with Crippen LogP contribution in [0.3, 0.4) is 0 Å². The summed E-state index contributed by atoms with van der Waals surface area (Å²) in [7, 11) is 0. The molecule has 1 aliphatic rings. The van der Waals surface area contributed by atoms with Gasteiger partial charge in [0.1, 0.15) is 5.69 Å². The van der Waals surface area contributed by atoms with Crippen molar-refractivity contribution in [3.63, 3.8) is 0 Å². The number of hydrogen-bond acceptors (Lipinski definition) is 3. The fraction of sp³-hybridized carbons (Fsp3) is 0.467. The molecule has 1 aromatic carbocycles. The minimum Gasteiger partial charge on any atom is -0.356 e.